The highest BCUT2D eigenvalue weighted by Crippen LogP contribution is 2.28. The molecule has 1 heterocycles. The predicted octanol–water partition coefficient (Wildman–Crippen LogP) is 2.23. The van der Waals surface area contributed by atoms with E-state index in [2.05, 4.69) is 6.07 Å². The van der Waals surface area contributed by atoms with Gasteiger partial charge in [-0.1, -0.05) is 12.1 Å². The van der Waals surface area contributed by atoms with Crippen LogP contribution in [0.3, 0.4) is 0 Å². The summed E-state index contributed by atoms with van der Waals surface area (Å²) in [6.45, 7) is 3.57. The SMILES string of the molecule is CCOC(=O)C1CCN(C(C#N)c2cccc(O)c2)CC1. The molecule has 1 unspecified atom stereocenters. The maximum Gasteiger partial charge on any atom is 0.309 e. The highest BCUT2D eigenvalue weighted by Gasteiger charge is 2.30. The molecule has 0 amide bonds. The predicted molar refractivity (Wildman–Crippen MR) is 77.4 cm³/mol. The molecule has 0 saturated carbocycles. The van der Waals surface area contributed by atoms with Crippen molar-refractivity contribution >= 4 is 5.97 Å². The molecule has 0 aromatic heterocycles. The number of ether oxygens (including phenoxy) is 1. The van der Waals surface area contributed by atoms with Crippen LogP contribution in [0.5, 0.6) is 5.75 Å². The van der Waals surface area contributed by atoms with Crippen LogP contribution in [-0.2, 0) is 9.53 Å². The number of esters is 1. The lowest BCUT2D eigenvalue weighted by Gasteiger charge is -2.33. The van der Waals surface area contributed by atoms with E-state index in [1.165, 1.54) is 0 Å². The normalized spacial score (nSPS) is 17.9. The van der Waals surface area contributed by atoms with Gasteiger partial charge in [-0.25, -0.2) is 0 Å². The lowest BCUT2D eigenvalue weighted by atomic mass is 9.94. The van der Waals surface area contributed by atoms with E-state index in [1.807, 2.05) is 11.0 Å². The molecule has 0 bridgehead atoms. The van der Waals surface area contributed by atoms with Gasteiger partial charge >= 0.3 is 5.97 Å². The number of benzene rings is 1. The Kier molecular flexibility index (Phi) is 5.18. The second-order valence-electron chi connectivity index (χ2n) is 5.19. The largest absolute Gasteiger partial charge is 0.508 e. The molecule has 2 rings (SSSR count). The molecule has 21 heavy (non-hydrogen) atoms. The summed E-state index contributed by atoms with van der Waals surface area (Å²) in [5, 5.41) is 19.0. The van der Waals surface area contributed by atoms with Crippen molar-refractivity contribution in [1.29, 1.82) is 5.26 Å². The number of piperidine rings is 1. The standard InChI is InChI=1S/C16H20N2O3/c1-2-21-16(20)12-6-8-18(9-7-12)15(11-17)13-4-3-5-14(19)10-13/h3-5,10,12,15,19H,2,6-9H2,1H3. The van der Waals surface area contributed by atoms with E-state index < -0.39 is 0 Å². The van der Waals surface area contributed by atoms with Crippen LogP contribution in [-0.4, -0.2) is 35.7 Å². The molecule has 112 valence electrons. The summed E-state index contributed by atoms with van der Waals surface area (Å²) < 4.78 is 5.05. The van der Waals surface area contributed by atoms with Crippen LogP contribution < -0.4 is 0 Å². The van der Waals surface area contributed by atoms with Crippen molar-refractivity contribution < 1.29 is 14.6 Å². The molecule has 0 radical (unpaired) electrons. The Balaban J connectivity index is 2.00. The van der Waals surface area contributed by atoms with E-state index in [0.717, 1.165) is 5.56 Å². The summed E-state index contributed by atoms with van der Waals surface area (Å²) in [6.07, 6.45) is 1.41. The fourth-order valence-electron chi connectivity index (χ4n) is 2.72. The molecule has 5 heteroatoms. The first kappa shape index (κ1) is 15.3. The Labute approximate surface area is 124 Å². The molecule has 0 spiro atoms. The maximum absolute atomic E-state index is 11.7. The van der Waals surface area contributed by atoms with Crippen LogP contribution in [0, 0.1) is 17.2 Å². The first-order chi connectivity index (χ1) is 10.2. The van der Waals surface area contributed by atoms with Gasteiger partial charge in [-0.15, -0.1) is 0 Å². The highest BCUT2D eigenvalue weighted by molar-refractivity contribution is 5.72. The molecule has 1 fully saturated rings. The Morgan fingerprint density at radius 1 is 1.52 bits per heavy atom. The fourth-order valence-corrected chi connectivity index (χ4v) is 2.72. The first-order valence-corrected chi connectivity index (χ1v) is 7.25. The van der Waals surface area contributed by atoms with Crippen LogP contribution >= 0.6 is 0 Å². The molecule has 1 N–H and O–H groups in total. The number of hydrogen-bond acceptors (Lipinski definition) is 5. The van der Waals surface area contributed by atoms with E-state index >= 15 is 0 Å². The molecule has 1 aromatic carbocycles. The average molecular weight is 288 g/mol. The molecular formula is C16H20N2O3. The van der Waals surface area contributed by atoms with Gasteiger partial charge in [-0.05, 0) is 37.5 Å². The minimum absolute atomic E-state index is 0.0651. The van der Waals surface area contributed by atoms with Crippen molar-refractivity contribution in [3.8, 4) is 11.8 Å². The van der Waals surface area contributed by atoms with Gasteiger partial charge < -0.3 is 9.84 Å². The van der Waals surface area contributed by atoms with Crippen LogP contribution in [0.1, 0.15) is 31.4 Å². The van der Waals surface area contributed by atoms with Crippen LogP contribution in [0.2, 0.25) is 0 Å². The van der Waals surface area contributed by atoms with Crippen LogP contribution in [0.25, 0.3) is 0 Å². The minimum Gasteiger partial charge on any atom is -0.508 e. The van der Waals surface area contributed by atoms with E-state index in [0.29, 0.717) is 32.5 Å². The van der Waals surface area contributed by atoms with E-state index in [-0.39, 0.29) is 23.7 Å². The molecule has 1 atom stereocenters. The van der Waals surface area contributed by atoms with Crippen molar-refractivity contribution in [2.24, 2.45) is 5.92 Å². The number of likely N-dealkylation sites (tertiary alicyclic amines) is 1. The Hall–Kier alpha value is -2.06. The number of hydrogen-bond donors (Lipinski definition) is 1. The van der Waals surface area contributed by atoms with Gasteiger partial charge in [0.1, 0.15) is 11.8 Å². The van der Waals surface area contributed by atoms with E-state index in [1.54, 1.807) is 25.1 Å². The molecule has 1 aliphatic rings. The van der Waals surface area contributed by atoms with Gasteiger partial charge in [-0.2, -0.15) is 5.26 Å². The van der Waals surface area contributed by atoms with Crippen LogP contribution in [0.15, 0.2) is 24.3 Å². The maximum atomic E-state index is 11.7. The number of phenolic OH excluding ortho intramolecular Hbond substituents is 1. The van der Waals surface area contributed by atoms with Gasteiger partial charge in [-0.3, -0.25) is 9.69 Å². The number of carbonyl (C=O) groups is 1. The molecule has 5 nitrogen and oxygen atoms in total. The van der Waals surface area contributed by atoms with Gasteiger partial charge in [0.15, 0.2) is 0 Å². The smallest absolute Gasteiger partial charge is 0.309 e. The number of aromatic hydroxyl groups is 1. The summed E-state index contributed by atoms with van der Waals surface area (Å²) in [6, 6.07) is 8.67. The van der Waals surface area contributed by atoms with Gasteiger partial charge in [0.25, 0.3) is 0 Å². The zero-order valence-corrected chi connectivity index (χ0v) is 12.2. The summed E-state index contributed by atoms with van der Waals surface area (Å²) in [5.74, 6) is -0.0399. The zero-order valence-electron chi connectivity index (χ0n) is 12.2. The van der Waals surface area contributed by atoms with E-state index in [9.17, 15) is 15.2 Å². The molecular weight excluding hydrogens is 268 g/mol. The fraction of sp³-hybridized carbons (Fsp3) is 0.500. The van der Waals surface area contributed by atoms with Gasteiger partial charge in [0.2, 0.25) is 0 Å². The Morgan fingerprint density at radius 3 is 2.81 bits per heavy atom. The zero-order chi connectivity index (χ0) is 15.2. The molecule has 1 saturated heterocycles. The Bertz CT molecular complexity index is 531. The number of nitrogens with zero attached hydrogens (tertiary/aromatic N) is 2. The third-order valence-electron chi connectivity index (χ3n) is 3.82. The lowest BCUT2D eigenvalue weighted by molar-refractivity contribution is -0.149. The van der Waals surface area contributed by atoms with Crippen molar-refractivity contribution in [3.05, 3.63) is 29.8 Å². The molecule has 0 aliphatic carbocycles. The monoisotopic (exact) mass is 288 g/mol. The van der Waals surface area contributed by atoms with E-state index in [4.69, 9.17) is 4.74 Å². The third kappa shape index (κ3) is 3.73. The second kappa shape index (κ2) is 7.09. The first-order valence-electron chi connectivity index (χ1n) is 7.25. The van der Waals surface area contributed by atoms with Crippen molar-refractivity contribution in [2.75, 3.05) is 19.7 Å². The lowest BCUT2D eigenvalue weighted by Crippen LogP contribution is -2.38. The van der Waals surface area contributed by atoms with Gasteiger partial charge in [0.05, 0.1) is 18.6 Å². The quantitative estimate of drug-likeness (QED) is 0.860. The Morgan fingerprint density at radius 2 is 2.24 bits per heavy atom. The molecule has 1 aromatic rings. The summed E-state index contributed by atoms with van der Waals surface area (Å²) >= 11 is 0. The summed E-state index contributed by atoms with van der Waals surface area (Å²) in [7, 11) is 0. The minimum atomic E-state index is -0.389. The summed E-state index contributed by atoms with van der Waals surface area (Å²) in [4.78, 5) is 13.8. The van der Waals surface area contributed by atoms with Crippen molar-refractivity contribution in [3.63, 3.8) is 0 Å². The van der Waals surface area contributed by atoms with Crippen LogP contribution in [0.4, 0.5) is 0 Å². The second-order valence-corrected chi connectivity index (χ2v) is 5.19. The number of phenols is 1. The number of carbonyl (C=O) groups excluding carboxylic acids is 1. The van der Waals surface area contributed by atoms with Gasteiger partial charge in [0, 0.05) is 13.1 Å². The summed E-state index contributed by atoms with van der Waals surface area (Å²) in [5.41, 5.74) is 0.784. The van der Waals surface area contributed by atoms with Crippen molar-refractivity contribution in [1.82, 2.24) is 4.90 Å². The topological polar surface area (TPSA) is 73.6 Å². The average Bonchev–Trinajstić information content (AvgIpc) is 2.49. The molecule has 1 aliphatic heterocycles. The third-order valence-corrected chi connectivity index (χ3v) is 3.82. The van der Waals surface area contributed by atoms with Crippen molar-refractivity contribution in [2.45, 2.75) is 25.8 Å². The number of rotatable bonds is 4. The number of nitriles is 1. The highest BCUT2D eigenvalue weighted by atomic mass is 16.5.